The van der Waals surface area contributed by atoms with Gasteiger partial charge in [-0.3, -0.25) is 0 Å². The summed E-state index contributed by atoms with van der Waals surface area (Å²) in [6, 6.07) is 0.623. The summed E-state index contributed by atoms with van der Waals surface area (Å²) in [7, 11) is 2.01. The van der Waals surface area contributed by atoms with E-state index in [9.17, 15) is 0 Å². The number of anilines is 1. The van der Waals surface area contributed by atoms with Crippen molar-refractivity contribution < 1.29 is 0 Å². The molecule has 0 unspecified atom stereocenters. The molecular weight excluding hydrogens is 170 g/mol. The first kappa shape index (κ1) is 8.01. The van der Waals surface area contributed by atoms with Crippen LogP contribution in [0.25, 0.3) is 0 Å². The third-order valence-electron chi connectivity index (χ3n) is 2.36. The molecule has 0 radical (unpaired) electrons. The van der Waals surface area contributed by atoms with Crippen LogP contribution in [-0.4, -0.2) is 18.1 Å². The van der Waals surface area contributed by atoms with E-state index in [1.807, 2.05) is 7.05 Å². The molecule has 12 heavy (non-hydrogen) atoms. The van der Waals surface area contributed by atoms with E-state index in [-0.39, 0.29) is 0 Å². The maximum Gasteiger partial charge on any atom is 0.180 e. The Hall–Kier alpha value is -0.610. The van der Waals surface area contributed by atoms with Crippen LogP contribution in [0.5, 0.6) is 0 Å². The van der Waals surface area contributed by atoms with Gasteiger partial charge in [0.15, 0.2) is 5.13 Å². The zero-order valence-corrected chi connectivity index (χ0v) is 7.95. The monoisotopic (exact) mass is 183 g/mol. The molecule has 0 saturated carbocycles. The Morgan fingerprint density at radius 2 is 2.50 bits per heavy atom. The highest BCUT2D eigenvalue weighted by Crippen LogP contribution is 2.27. The second kappa shape index (κ2) is 3.03. The van der Waals surface area contributed by atoms with Crippen molar-refractivity contribution in [2.45, 2.75) is 25.3 Å². The Morgan fingerprint density at radius 3 is 3.25 bits per heavy atom. The van der Waals surface area contributed by atoms with Crippen LogP contribution in [0.15, 0.2) is 0 Å². The number of fused-ring (bicyclic) bond motifs is 1. The van der Waals surface area contributed by atoms with Crippen LogP contribution < -0.4 is 11.1 Å². The predicted molar refractivity (Wildman–Crippen MR) is 51.4 cm³/mol. The van der Waals surface area contributed by atoms with E-state index >= 15 is 0 Å². The van der Waals surface area contributed by atoms with Crippen LogP contribution in [-0.2, 0) is 12.8 Å². The van der Waals surface area contributed by atoms with Crippen molar-refractivity contribution in [1.82, 2.24) is 10.3 Å². The van der Waals surface area contributed by atoms with Crippen molar-refractivity contribution in [3.8, 4) is 0 Å². The van der Waals surface area contributed by atoms with Gasteiger partial charge in [-0.05, 0) is 26.3 Å². The third-order valence-corrected chi connectivity index (χ3v) is 3.31. The zero-order valence-electron chi connectivity index (χ0n) is 7.13. The van der Waals surface area contributed by atoms with Gasteiger partial charge in [0, 0.05) is 10.9 Å². The molecule has 1 aromatic heterocycles. The highest BCUT2D eigenvalue weighted by Gasteiger charge is 2.20. The average Bonchev–Trinajstić information content (AvgIpc) is 2.43. The molecule has 0 amide bonds. The summed E-state index contributed by atoms with van der Waals surface area (Å²) in [5.74, 6) is 0. The molecule has 66 valence electrons. The molecule has 0 aliphatic heterocycles. The summed E-state index contributed by atoms with van der Waals surface area (Å²) in [4.78, 5) is 5.66. The van der Waals surface area contributed by atoms with Gasteiger partial charge in [0.1, 0.15) is 0 Å². The van der Waals surface area contributed by atoms with E-state index in [0.29, 0.717) is 6.04 Å². The normalized spacial score (nSPS) is 22.2. The number of thiazole rings is 1. The van der Waals surface area contributed by atoms with E-state index < -0.39 is 0 Å². The van der Waals surface area contributed by atoms with Crippen LogP contribution in [0.2, 0.25) is 0 Å². The lowest BCUT2D eigenvalue weighted by molar-refractivity contribution is 0.497. The smallest absolute Gasteiger partial charge is 0.180 e. The number of likely N-dealkylation sites (N-methyl/N-ethyl adjacent to an activating group) is 1. The minimum Gasteiger partial charge on any atom is -0.375 e. The Bertz CT molecular complexity index is 282. The summed E-state index contributed by atoms with van der Waals surface area (Å²) in [6.45, 7) is 0. The minimum atomic E-state index is 0.623. The van der Waals surface area contributed by atoms with Crippen molar-refractivity contribution in [3.05, 3.63) is 10.6 Å². The Morgan fingerprint density at radius 1 is 1.67 bits per heavy atom. The summed E-state index contributed by atoms with van der Waals surface area (Å²) in [5, 5.41) is 4.01. The molecule has 0 fully saturated rings. The van der Waals surface area contributed by atoms with Crippen LogP contribution in [0.4, 0.5) is 5.13 Å². The van der Waals surface area contributed by atoms with E-state index in [0.717, 1.165) is 18.0 Å². The number of rotatable bonds is 1. The molecule has 1 aromatic rings. The minimum absolute atomic E-state index is 0.623. The van der Waals surface area contributed by atoms with Gasteiger partial charge in [0.25, 0.3) is 0 Å². The molecule has 3 N–H and O–H groups in total. The first-order chi connectivity index (χ1) is 5.79. The summed E-state index contributed by atoms with van der Waals surface area (Å²) in [5.41, 5.74) is 6.86. The highest BCUT2D eigenvalue weighted by atomic mass is 32.1. The predicted octanol–water partition coefficient (Wildman–Crippen LogP) is 0.802. The molecule has 4 heteroatoms. The molecule has 3 nitrogen and oxygen atoms in total. The number of nitrogens with zero attached hydrogens (tertiary/aromatic N) is 1. The molecule has 1 aliphatic rings. The lowest BCUT2D eigenvalue weighted by Gasteiger charge is -2.19. The van der Waals surface area contributed by atoms with Gasteiger partial charge in [0.05, 0.1) is 5.69 Å². The van der Waals surface area contributed by atoms with Gasteiger partial charge in [0.2, 0.25) is 0 Å². The number of nitrogen functional groups attached to an aromatic ring is 1. The Balaban J connectivity index is 2.22. The molecule has 1 atom stereocenters. The van der Waals surface area contributed by atoms with E-state index in [4.69, 9.17) is 5.73 Å². The van der Waals surface area contributed by atoms with Crippen LogP contribution in [0, 0.1) is 0 Å². The SMILES string of the molecule is CN[C@@H]1CCc2nc(N)sc2C1. The molecule has 0 bridgehead atoms. The summed E-state index contributed by atoms with van der Waals surface area (Å²) < 4.78 is 0. The van der Waals surface area contributed by atoms with Crippen molar-refractivity contribution in [2.75, 3.05) is 12.8 Å². The number of nitrogens with one attached hydrogen (secondary N) is 1. The first-order valence-electron chi connectivity index (χ1n) is 4.21. The van der Waals surface area contributed by atoms with Gasteiger partial charge >= 0.3 is 0 Å². The molecule has 1 heterocycles. The number of nitrogens with two attached hydrogens (primary N) is 1. The van der Waals surface area contributed by atoms with Crippen LogP contribution in [0.1, 0.15) is 17.0 Å². The fourth-order valence-corrected chi connectivity index (χ4v) is 2.60. The van der Waals surface area contributed by atoms with Gasteiger partial charge in [-0.2, -0.15) is 0 Å². The average molecular weight is 183 g/mol. The number of aryl methyl sites for hydroxylation is 1. The van der Waals surface area contributed by atoms with Crippen molar-refractivity contribution in [1.29, 1.82) is 0 Å². The van der Waals surface area contributed by atoms with E-state index in [1.165, 1.54) is 17.0 Å². The zero-order chi connectivity index (χ0) is 8.55. The van der Waals surface area contributed by atoms with Crippen molar-refractivity contribution in [2.24, 2.45) is 0 Å². The standard InChI is InChI=1S/C8H13N3S/c1-10-5-2-3-6-7(4-5)12-8(9)11-6/h5,10H,2-4H2,1H3,(H2,9,11)/t5-/m1/s1. The number of hydrogen-bond acceptors (Lipinski definition) is 4. The molecular formula is C8H13N3S. The number of aromatic nitrogens is 1. The molecule has 1 aliphatic carbocycles. The first-order valence-corrected chi connectivity index (χ1v) is 5.02. The Labute approximate surface area is 76.0 Å². The largest absolute Gasteiger partial charge is 0.375 e. The molecule has 2 rings (SSSR count). The van der Waals surface area contributed by atoms with Gasteiger partial charge in [-0.25, -0.2) is 4.98 Å². The maximum atomic E-state index is 5.63. The summed E-state index contributed by atoms with van der Waals surface area (Å²) in [6.07, 6.45) is 3.36. The topological polar surface area (TPSA) is 50.9 Å². The Kier molecular flexibility index (Phi) is 2.02. The molecule has 0 aromatic carbocycles. The highest BCUT2D eigenvalue weighted by molar-refractivity contribution is 7.15. The lowest BCUT2D eigenvalue weighted by Crippen LogP contribution is -2.30. The van der Waals surface area contributed by atoms with E-state index in [2.05, 4.69) is 10.3 Å². The van der Waals surface area contributed by atoms with Crippen LogP contribution >= 0.6 is 11.3 Å². The van der Waals surface area contributed by atoms with Gasteiger partial charge < -0.3 is 11.1 Å². The van der Waals surface area contributed by atoms with Crippen molar-refractivity contribution in [3.63, 3.8) is 0 Å². The van der Waals surface area contributed by atoms with E-state index in [1.54, 1.807) is 11.3 Å². The van der Waals surface area contributed by atoms with Gasteiger partial charge in [-0.1, -0.05) is 0 Å². The van der Waals surface area contributed by atoms with Gasteiger partial charge in [-0.15, -0.1) is 11.3 Å². The fraction of sp³-hybridized carbons (Fsp3) is 0.625. The fourth-order valence-electron chi connectivity index (χ4n) is 1.64. The quantitative estimate of drug-likeness (QED) is 0.677. The number of hydrogen-bond donors (Lipinski definition) is 2. The summed E-state index contributed by atoms with van der Waals surface area (Å²) >= 11 is 1.64. The van der Waals surface area contributed by atoms with Crippen LogP contribution in [0.3, 0.4) is 0 Å². The second-order valence-electron chi connectivity index (χ2n) is 3.15. The maximum absolute atomic E-state index is 5.63. The molecule has 0 saturated heterocycles. The lowest BCUT2D eigenvalue weighted by atomic mass is 9.98. The second-order valence-corrected chi connectivity index (χ2v) is 4.27. The third kappa shape index (κ3) is 1.32. The molecule has 0 spiro atoms. The van der Waals surface area contributed by atoms with Crippen molar-refractivity contribution >= 4 is 16.5 Å².